The van der Waals surface area contributed by atoms with Crippen molar-refractivity contribution in [2.24, 2.45) is 16.7 Å². The van der Waals surface area contributed by atoms with Crippen molar-refractivity contribution in [2.45, 2.75) is 79.1 Å². The van der Waals surface area contributed by atoms with Crippen molar-refractivity contribution in [2.75, 3.05) is 5.75 Å². The van der Waals surface area contributed by atoms with Gasteiger partial charge in [0.05, 0.1) is 5.60 Å². The number of hydrogen-bond acceptors (Lipinski definition) is 2. The fourth-order valence-electron chi connectivity index (χ4n) is 3.53. The van der Waals surface area contributed by atoms with Crippen LogP contribution in [-0.2, 0) is 0 Å². The van der Waals surface area contributed by atoms with E-state index in [2.05, 4.69) is 74.5 Å². The summed E-state index contributed by atoms with van der Waals surface area (Å²) in [7, 11) is 0. The van der Waals surface area contributed by atoms with Gasteiger partial charge in [-0.1, -0.05) is 80.5 Å². The van der Waals surface area contributed by atoms with E-state index < -0.39 is 5.60 Å². The minimum atomic E-state index is -0.748. The maximum absolute atomic E-state index is 10.9. The van der Waals surface area contributed by atoms with Gasteiger partial charge in [-0.2, -0.15) is 11.8 Å². The van der Waals surface area contributed by atoms with Gasteiger partial charge in [0.2, 0.25) is 0 Å². The number of thioether (sulfide) groups is 1. The first-order valence-corrected chi connectivity index (χ1v) is 9.41. The van der Waals surface area contributed by atoms with Crippen molar-refractivity contribution in [3.63, 3.8) is 0 Å². The average Bonchev–Trinajstić information content (AvgIpc) is 2.26. The first kappa shape index (κ1) is 19.8. The highest BCUT2D eigenvalue weighted by Gasteiger charge is 2.43. The van der Waals surface area contributed by atoms with E-state index in [1.54, 1.807) is 0 Å². The molecule has 1 N–H and O–H groups in total. The van der Waals surface area contributed by atoms with Gasteiger partial charge in [0, 0.05) is 16.4 Å². The Hall–Kier alpha value is -0.210. The van der Waals surface area contributed by atoms with Gasteiger partial charge in [-0.05, 0) is 22.8 Å². The van der Waals surface area contributed by atoms with Crippen LogP contribution in [0.1, 0.15) is 68.7 Å². The third kappa shape index (κ3) is 5.16. The summed E-state index contributed by atoms with van der Waals surface area (Å²) in [6.45, 7) is 20.0. The van der Waals surface area contributed by atoms with E-state index in [-0.39, 0.29) is 16.1 Å². The molecule has 1 aliphatic rings. The van der Waals surface area contributed by atoms with Gasteiger partial charge in [0.1, 0.15) is 0 Å². The van der Waals surface area contributed by atoms with Crippen molar-refractivity contribution >= 4 is 11.8 Å². The monoisotopic (exact) mass is 324 g/mol. The number of rotatable bonds is 4. The van der Waals surface area contributed by atoms with Crippen LogP contribution in [0, 0.1) is 16.7 Å². The molecule has 1 aliphatic carbocycles. The van der Waals surface area contributed by atoms with E-state index in [9.17, 15) is 5.11 Å². The molecule has 1 rings (SSSR count). The molecule has 0 bridgehead atoms. The number of allylic oxidation sites excluding steroid dienone is 1. The van der Waals surface area contributed by atoms with Crippen LogP contribution in [0.4, 0.5) is 0 Å². The minimum absolute atomic E-state index is 0.149. The molecule has 2 heteroatoms. The second-order valence-corrected chi connectivity index (χ2v) is 11.4. The van der Waals surface area contributed by atoms with Crippen molar-refractivity contribution in [1.82, 2.24) is 0 Å². The molecule has 2 atom stereocenters. The van der Waals surface area contributed by atoms with Crippen molar-refractivity contribution in [3.8, 4) is 0 Å². The van der Waals surface area contributed by atoms with Crippen LogP contribution in [0.2, 0.25) is 0 Å². The topological polar surface area (TPSA) is 20.2 Å². The highest BCUT2D eigenvalue weighted by Crippen LogP contribution is 2.43. The van der Waals surface area contributed by atoms with E-state index in [4.69, 9.17) is 0 Å². The summed E-state index contributed by atoms with van der Waals surface area (Å²) in [5.41, 5.74) is 0.798. The van der Waals surface area contributed by atoms with Crippen LogP contribution >= 0.6 is 11.8 Å². The molecule has 2 unspecified atom stereocenters. The lowest BCUT2D eigenvalue weighted by Crippen LogP contribution is -2.47. The minimum Gasteiger partial charge on any atom is -0.385 e. The lowest BCUT2D eigenvalue weighted by atomic mass is 9.67. The second-order valence-electron chi connectivity index (χ2n) is 9.72. The third-order valence-corrected chi connectivity index (χ3v) is 5.90. The van der Waals surface area contributed by atoms with Gasteiger partial charge >= 0.3 is 0 Å². The van der Waals surface area contributed by atoms with Crippen LogP contribution in [-0.4, -0.2) is 21.2 Å². The molecule has 0 aromatic rings. The maximum atomic E-state index is 10.9. The van der Waals surface area contributed by atoms with Crippen LogP contribution in [0.3, 0.4) is 0 Å². The fourth-order valence-corrected chi connectivity index (χ4v) is 4.81. The average molecular weight is 325 g/mol. The Kier molecular flexibility index (Phi) is 5.73. The van der Waals surface area contributed by atoms with Gasteiger partial charge in [-0.15, -0.1) is 0 Å². The van der Waals surface area contributed by atoms with Crippen molar-refractivity contribution in [3.05, 3.63) is 23.8 Å². The summed E-state index contributed by atoms with van der Waals surface area (Å²) >= 11 is 2.02. The van der Waals surface area contributed by atoms with E-state index in [0.717, 1.165) is 5.75 Å². The molecule has 0 aromatic carbocycles. The first-order chi connectivity index (χ1) is 9.66. The van der Waals surface area contributed by atoms with Crippen LogP contribution in [0.15, 0.2) is 23.8 Å². The Bertz CT molecular complexity index is 445. The molecular weight excluding hydrogens is 288 g/mol. The van der Waals surface area contributed by atoms with E-state index in [0.29, 0.717) is 5.41 Å². The molecule has 128 valence electrons. The van der Waals surface area contributed by atoms with Gasteiger partial charge in [-0.25, -0.2) is 0 Å². The summed E-state index contributed by atoms with van der Waals surface area (Å²) in [5.74, 6) is 1.17. The zero-order valence-electron chi connectivity index (χ0n) is 16.1. The summed E-state index contributed by atoms with van der Waals surface area (Å²) in [4.78, 5) is 0. The fraction of sp³-hybridized carbons (Fsp3) is 0.800. The van der Waals surface area contributed by atoms with Crippen LogP contribution in [0.5, 0.6) is 0 Å². The molecule has 0 aliphatic heterocycles. The molecule has 0 heterocycles. The lowest BCUT2D eigenvalue weighted by molar-refractivity contribution is -0.0442. The zero-order valence-corrected chi connectivity index (χ0v) is 16.9. The zero-order chi connectivity index (χ0) is 17.4. The maximum Gasteiger partial charge on any atom is 0.0938 e. The summed E-state index contributed by atoms with van der Waals surface area (Å²) in [6, 6.07) is 0. The van der Waals surface area contributed by atoms with E-state index in [1.807, 2.05) is 17.8 Å². The molecule has 0 aromatic heterocycles. The Morgan fingerprint density at radius 2 is 1.64 bits per heavy atom. The summed E-state index contributed by atoms with van der Waals surface area (Å²) < 4.78 is 0.272. The molecule has 1 nitrogen and oxygen atoms in total. The lowest BCUT2D eigenvalue weighted by Gasteiger charge is -2.43. The predicted molar refractivity (Wildman–Crippen MR) is 101 cm³/mol. The SMILES string of the molecule is CC1C=C(CSC(C)(C)CC(C)(C)C)C=CC1(O)C(C)(C)C. The number of hydrogen-bond donors (Lipinski definition) is 1. The molecule has 22 heavy (non-hydrogen) atoms. The highest BCUT2D eigenvalue weighted by molar-refractivity contribution is 8.00. The quantitative estimate of drug-likeness (QED) is 0.700. The van der Waals surface area contributed by atoms with Gasteiger partial charge in [-0.3, -0.25) is 0 Å². The Morgan fingerprint density at radius 3 is 2.05 bits per heavy atom. The van der Waals surface area contributed by atoms with Crippen LogP contribution in [0.25, 0.3) is 0 Å². The molecule has 0 amide bonds. The normalized spacial score (nSPS) is 27.0. The largest absolute Gasteiger partial charge is 0.385 e. The Labute approximate surface area is 142 Å². The Balaban J connectivity index is 2.72. The summed E-state index contributed by atoms with van der Waals surface area (Å²) in [5, 5.41) is 10.9. The highest BCUT2D eigenvalue weighted by atomic mass is 32.2. The molecule has 0 fully saturated rings. The smallest absolute Gasteiger partial charge is 0.0938 e. The standard InChI is InChI=1S/C20H36OS/c1-15-12-16(10-11-20(15,21)18(5,6)7)13-22-19(8,9)14-17(2,3)4/h10-12,15,21H,13-14H2,1-9H3. The molecule has 0 saturated heterocycles. The second kappa shape index (κ2) is 6.36. The Morgan fingerprint density at radius 1 is 1.09 bits per heavy atom. The van der Waals surface area contributed by atoms with E-state index in [1.165, 1.54) is 12.0 Å². The van der Waals surface area contributed by atoms with E-state index >= 15 is 0 Å². The van der Waals surface area contributed by atoms with Crippen molar-refractivity contribution < 1.29 is 5.11 Å². The van der Waals surface area contributed by atoms with Gasteiger partial charge in [0.15, 0.2) is 0 Å². The molecule has 0 radical (unpaired) electrons. The number of aliphatic hydroxyl groups is 1. The van der Waals surface area contributed by atoms with Crippen LogP contribution < -0.4 is 0 Å². The first-order valence-electron chi connectivity index (χ1n) is 8.43. The molecule has 0 saturated carbocycles. The summed E-state index contributed by atoms with van der Waals surface area (Å²) in [6.07, 6.45) is 7.60. The van der Waals surface area contributed by atoms with Crippen molar-refractivity contribution in [1.29, 1.82) is 0 Å². The molecule has 0 spiro atoms. The predicted octanol–water partition coefficient (Wildman–Crippen LogP) is 5.84. The van der Waals surface area contributed by atoms with Gasteiger partial charge < -0.3 is 5.11 Å². The molecular formula is C20H36OS. The third-order valence-electron chi connectivity index (χ3n) is 4.50. The van der Waals surface area contributed by atoms with Gasteiger partial charge in [0.25, 0.3) is 0 Å².